The van der Waals surface area contributed by atoms with Crippen molar-refractivity contribution >= 4 is 11.9 Å². The molecule has 3 rings (SSSR count). The Morgan fingerprint density at radius 1 is 1.29 bits per heavy atom. The van der Waals surface area contributed by atoms with Gasteiger partial charge in [0.1, 0.15) is 0 Å². The van der Waals surface area contributed by atoms with E-state index in [2.05, 4.69) is 9.97 Å². The van der Waals surface area contributed by atoms with Crippen LogP contribution >= 0.6 is 0 Å². The first-order valence-electron chi connectivity index (χ1n) is 7.12. The first-order chi connectivity index (χ1) is 10.2. The molecule has 1 amide bonds. The van der Waals surface area contributed by atoms with Gasteiger partial charge in [-0.1, -0.05) is 30.3 Å². The van der Waals surface area contributed by atoms with Crippen molar-refractivity contribution in [2.45, 2.75) is 18.8 Å². The van der Waals surface area contributed by atoms with Gasteiger partial charge in [0.05, 0.1) is 12.1 Å². The molecule has 1 aromatic carbocycles. The van der Waals surface area contributed by atoms with E-state index in [1.807, 2.05) is 41.3 Å². The van der Waals surface area contributed by atoms with Crippen LogP contribution in [0.5, 0.6) is 0 Å². The van der Waals surface area contributed by atoms with Gasteiger partial charge in [-0.15, -0.1) is 0 Å². The average Bonchev–Trinajstić information content (AvgIpc) is 2.98. The number of nitrogens with zero attached hydrogens (tertiary/aromatic N) is 3. The van der Waals surface area contributed by atoms with E-state index in [0.29, 0.717) is 18.9 Å². The van der Waals surface area contributed by atoms with Crippen LogP contribution in [0.2, 0.25) is 0 Å². The first-order valence-corrected chi connectivity index (χ1v) is 7.12. The van der Waals surface area contributed by atoms with E-state index in [9.17, 15) is 4.79 Å². The van der Waals surface area contributed by atoms with Gasteiger partial charge >= 0.3 is 0 Å². The van der Waals surface area contributed by atoms with Crippen LogP contribution in [0.15, 0.2) is 42.6 Å². The molecule has 1 aliphatic rings. The van der Waals surface area contributed by atoms with Gasteiger partial charge in [0.25, 0.3) is 0 Å². The third-order valence-electron chi connectivity index (χ3n) is 3.85. The maximum Gasteiger partial charge on any atom is 0.227 e. The number of aromatic nitrogens is 2. The summed E-state index contributed by atoms with van der Waals surface area (Å²) in [7, 11) is 0. The monoisotopic (exact) mass is 282 g/mol. The Morgan fingerprint density at radius 2 is 2.10 bits per heavy atom. The zero-order valence-corrected chi connectivity index (χ0v) is 11.8. The summed E-state index contributed by atoms with van der Waals surface area (Å²) in [5.74, 6) is 0.724. The third kappa shape index (κ3) is 3.18. The molecule has 2 N–H and O–H groups in total. The lowest BCUT2D eigenvalue weighted by Crippen LogP contribution is -2.29. The fourth-order valence-electron chi connectivity index (χ4n) is 2.73. The number of hydrogen-bond acceptors (Lipinski definition) is 4. The number of carbonyl (C=O) groups is 1. The molecule has 0 aliphatic carbocycles. The molecule has 1 atom stereocenters. The number of hydrogen-bond donors (Lipinski definition) is 1. The minimum Gasteiger partial charge on any atom is -0.368 e. The van der Waals surface area contributed by atoms with E-state index in [4.69, 9.17) is 5.73 Å². The summed E-state index contributed by atoms with van der Waals surface area (Å²) < 4.78 is 0. The molecule has 1 saturated heterocycles. The molecular weight excluding hydrogens is 264 g/mol. The summed E-state index contributed by atoms with van der Waals surface area (Å²) in [6.07, 6.45) is 3.06. The Balaban J connectivity index is 1.63. The number of anilines is 1. The number of likely N-dealkylation sites (tertiary alicyclic amines) is 1. The van der Waals surface area contributed by atoms with Crippen molar-refractivity contribution in [3.05, 3.63) is 53.9 Å². The van der Waals surface area contributed by atoms with Gasteiger partial charge in [0, 0.05) is 25.2 Å². The number of amides is 1. The molecular formula is C16H18N4O. The minimum atomic E-state index is 0.172. The zero-order chi connectivity index (χ0) is 14.7. The van der Waals surface area contributed by atoms with Crippen LogP contribution in [0.4, 0.5) is 5.95 Å². The fraction of sp³-hybridized carbons (Fsp3) is 0.312. The van der Waals surface area contributed by atoms with E-state index in [0.717, 1.165) is 24.2 Å². The van der Waals surface area contributed by atoms with Crippen LogP contribution < -0.4 is 5.73 Å². The molecule has 2 heterocycles. The first kappa shape index (κ1) is 13.5. The van der Waals surface area contributed by atoms with Gasteiger partial charge in [0.2, 0.25) is 11.9 Å². The molecule has 5 heteroatoms. The maximum atomic E-state index is 12.3. The van der Waals surface area contributed by atoms with Crippen molar-refractivity contribution in [2.24, 2.45) is 0 Å². The van der Waals surface area contributed by atoms with Crippen molar-refractivity contribution in [1.29, 1.82) is 0 Å². The number of rotatable bonds is 3. The molecule has 0 saturated carbocycles. The van der Waals surface area contributed by atoms with E-state index >= 15 is 0 Å². The molecule has 1 fully saturated rings. The van der Waals surface area contributed by atoms with Gasteiger partial charge in [-0.25, -0.2) is 9.97 Å². The summed E-state index contributed by atoms with van der Waals surface area (Å²) in [5.41, 5.74) is 7.60. The molecule has 5 nitrogen and oxygen atoms in total. The molecule has 1 unspecified atom stereocenters. The smallest absolute Gasteiger partial charge is 0.227 e. The third-order valence-corrected chi connectivity index (χ3v) is 3.85. The van der Waals surface area contributed by atoms with Crippen LogP contribution in [-0.4, -0.2) is 33.9 Å². The standard InChI is InChI=1S/C16H18N4O/c17-16-18-8-6-14(19-16)13-7-9-20(11-13)15(21)10-12-4-2-1-3-5-12/h1-6,8,13H,7,9-11H2,(H2,17,18,19). The second-order valence-electron chi connectivity index (χ2n) is 5.33. The molecule has 1 aromatic heterocycles. The maximum absolute atomic E-state index is 12.3. The Labute approximate surface area is 123 Å². The SMILES string of the molecule is Nc1nccc(C2CCN(C(=O)Cc3ccccc3)C2)n1. The summed E-state index contributed by atoms with van der Waals surface area (Å²) in [6.45, 7) is 1.49. The van der Waals surface area contributed by atoms with Crippen LogP contribution in [0.25, 0.3) is 0 Å². The van der Waals surface area contributed by atoms with Gasteiger partial charge in [0.15, 0.2) is 0 Å². The van der Waals surface area contributed by atoms with Crippen molar-refractivity contribution < 1.29 is 4.79 Å². The van der Waals surface area contributed by atoms with Crippen molar-refractivity contribution in [3.63, 3.8) is 0 Å². The quantitative estimate of drug-likeness (QED) is 0.928. The van der Waals surface area contributed by atoms with Crippen LogP contribution in [0.1, 0.15) is 23.6 Å². The molecule has 1 aliphatic heterocycles. The molecule has 0 bridgehead atoms. The van der Waals surface area contributed by atoms with Crippen molar-refractivity contribution in [3.8, 4) is 0 Å². The summed E-state index contributed by atoms with van der Waals surface area (Å²) in [5, 5.41) is 0. The lowest BCUT2D eigenvalue weighted by Gasteiger charge is -2.16. The molecule has 108 valence electrons. The van der Waals surface area contributed by atoms with Crippen LogP contribution in [0, 0.1) is 0 Å². The van der Waals surface area contributed by atoms with Crippen molar-refractivity contribution in [1.82, 2.24) is 14.9 Å². The Kier molecular flexibility index (Phi) is 3.81. The summed E-state index contributed by atoms with van der Waals surface area (Å²) in [6, 6.07) is 11.7. The summed E-state index contributed by atoms with van der Waals surface area (Å²) >= 11 is 0. The van der Waals surface area contributed by atoms with Gasteiger partial charge in [-0.3, -0.25) is 4.79 Å². The highest BCUT2D eigenvalue weighted by Gasteiger charge is 2.28. The lowest BCUT2D eigenvalue weighted by atomic mass is 10.1. The number of carbonyl (C=O) groups excluding carboxylic acids is 1. The largest absolute Gasteiger partial charge is 0.368 e. The van der Waals surface area contributed by atoms with Crippen molar-refractivity contribution in [2.75, 3.05) is 18.8 Å². The predicted molar refractivity (Wildman–Crippen MR) is 80.5 cm³/mol. The van der Waals surface area contributed by atoms with Crippen LogP contribution in [0.3, 0.4) is 0 Å². The highest BCUT2D eigenvalue weighted by molar-refractivity contribution is 5.79. The number of nitrogens with two attached hydrogens (primary N) is 1. The lowest BCUT2D eigenvalue weighted by molar-refractivity contribution is -0.129. The van der Waals surface area contributed by atoms with Gasteiger partial charge < -0.3 is 10.6 Å². The Bertz CT molecular complexity index is 629. The average molecular weight is 282 g/mol. The van der Waals surface area contributed by atoms with Gasteiger partial charge in [-0.05, 0) is 18.1 Å². The normalized spacial score (nSPS) is 17.9. The second-order valence-corrected chi connectivity index (χ2v) is 5.33. The topological polar surface area (TPSA) is 72.1 Å². The van der Waals surface area contributed by atoms with E-state index < -0.39 is 0 Å². The molecule has 2 aromatic rings. The molecule has 0 radical (unpaired) electrons. The minimum absolute atomic E-state index is 0.172. The summed E-state index contributed by atoms with van der Waals surface area (Å²) in [4.78, 5) is 22.4. The number of nitrogen functional groups attached to an aromatic ring is 1. The highest BCUT2D eigenvalue weighted by Crippen LogP contribution is 2.26. The predicted octanol–water partition coefficient (Wildman–Crippen LogP) is 1.62. The molecule has 0 spiro atoms. The fourth-order valence-corrected chi connectivity index (χ4v) is 2.73. The number of benzene rings is 1. The highest BCUT2D eigenvalue weighted by atomic mass is 16.2. The molecule has 21 heavy (non-hydrogen) atoms. The van der Waals surface area contributed by atoms with E-state index in [-0.39, 0.29) is 11.8 Å². The van der Waals surface area contributed by atoms with Crippen LogP contribution in [-0.2, 0) is 11.2 Å². The Hall–Kier alpha value is -2.43. The zero-order valence-electron chi connectivity index (χ0n) is 11.8. The second kappa shape index (κ2) is 5.91. The van der Waals surface area contributed by atoms with E-state index in [1.165, 1.54) is 0 Å². The Morgan fingerprint density at radius 3 is 2.86 bits per heavy atom. The van der Waals surface area contributed by atoms with Gasteiger partial charge in [-0.2, -0.15) is 0 Å². The van der Waals surface area contributed by atoms with E-state index in [1.54, 1.807) is 6.20 Å².